The predicted octanol–water partition coefficient (Wildman–Crippen LogP) is 1.59. The van der Waals surface area contributed by atoms with Crippen molar-refractivity contribution in [2.24, 2.45) is 0 Å². The van der Waals surface area contributed by atoms with Crippen LogP contribution in [0.1, 0.15) is 0 Å². The summed E-state index contributed by atoms with van der Waals surface area (Å²) >= 11 is 4.25. The molecular weight excluding hydrogens is 346 g/mol. The zero-order chi connectivity index (χ0) is 14.1. The molecule has 0 saturated carbocycles. The number of halogens is 4. The van der Waals surface area contributed by atoms with E-state index in [9.17, 15) is 22.8 Å². The normalized spacial score (nSPS) is 6.94. The zero-order valence-electron chi connectivity index (χ0n) is 9.58. The number of nitrogens with zero attached hydrogens (tertiary/aromatic N) is 2. The van der Waals surface area contributed by atoms with Gasteiger partial charge in [0.2, 0.25) is 12.8 Å². The molecule has 4 nitrogen and oxygen atoms in total. The van der Waals surface area contributed by atoms with E-state index in [1.807, 2.05) is 0 Å². The standard InChI is InChI=1S/2C3H7NO.CF3.BrH.Zn/c2*1-4(2)3-5;2-1(3)4;;/h2*3H,1-2H3;;1H;/q;;-1;;+2/p-1. The van der Waals surface area contributed by atoms with Crippen molar-refractivity contribution in [2.45, 2.75) is 0 Å². The molecule has 0 aromatic rings. The van der Waals surface area contributed by atoms with Gasteiger partial charge in [0.1, 0.15) is 0 Å². The SMILES string of the molecule is CN(C)C=O.CN(C)C=O.F[C-](F)F.[Zn+][Br]. The minimum atomic E-state index is -3.08. The van der Waals surface area contributed by atoms with Crippen molar-refractivity contribution in [1.29, 1.82) is 0 Å². The Balaban J connectivity index is -0.0000000629. The summed E-state index contributed by atoms with van der Waals surface area (Å²) < 4.78 is 28.8. The van der Waals surface area contributed by atoms with E-state index in [0.717, 1.165) is 12.8 Å². The van der Waals surface area contributed by atoms with Gasteiger partial charge in [-0.05, 0) is 0 Å². The van der Waals surface area contributed by atoms with Crippen molar-refractivity contribution < 1.29 is 39.1 Å². The first kappa shape index (κ1) is 24.9. The third-order valence-corrected chi connectivity index (χ3v) is 0.422. The molecule has 0 unspecified atom stereocenters. The van der Waals surface area contributed by atoms with Gasteiger partial charge >= 0.3 is 30.0 Å². The second kappa shape index (κ2) is 24.2. The number of hydrogen-bond acceptors (Lipinski definition) is 2. The Morgan fingerprint density at radius 1 is 0.938 bits per heavy atom. The van der Waals surface area contributed by atoms with Crippen molar-refractivity contribution >= 4 is 26.4 Å². The average Bonchev–Trinajstić information content (AvgIpc) is 2.20. The second-order valence-electron chi connectivity index (χ2n) is 2.35. The molecule has 0 radical (unpaired) electrons. The molecule has 0 saturated heterocycles. The fourth-order valence-electron chi connectivity index (χ4n) is 0. The van der Waals surface area contributed by atoms with Crippen LogP contribution >= 0.6 is 13.6 Å². The van der Waals surface area contributed by atoms with Crippen molar-refractivity contribution in [1.82, 2.24) is 9.80 Å². The van der Waals surface area contributed by atoms with Crippen LogP contribution in [0, 0.1) is 6.68 Å². The van der Waals surface area contributed by atoms with Gasteiger partial charge in [-0.15, -0.1) is 0 Å². The number of rotatable bonds is 2. The maximum absolute atomic E-state index is 9.58. The summed E-state index contributed by atoms with van der Waals surface area (Å²) in [5.74, 6) is 0. The summed E-state index contributed by atoms with van der Waals surface area (Å²) in [5, 5.41) is 0. The number of hydrogen-bond donors (Lipinski definition) is 0. The molecule has 0 aromatic carbocycles. The Morgan fingerprint density at radius 3 is 1.00 bits per heavy atom. The van der Waals surface area contributed by atoms with Gasteiger partial charge in [-0.3, -0.25) is 9.59 Å². The topological polar surface area (TPSA) is 40.6 Å². The van der Waals surface area contributed by atoms with Crippen LogP contribution in [0.25, 0.3) is 0 Å². The van der Waals surface area contributed by atoms with E-state index in [-0.39, 0.29) is 0 Å². The van der Waals surface area contributed by atoms with E-state index in [1.165, 1.54) is 26.1 Å². The molecule has 0 fully saturated rings. The predicted molar refractivity (Wildman–Crippen MR) is 55.0 cm³/mol. The molecule has 2 amide bonds. The van der Waals surface area contributed by atoms with Gasteiger partial charge in [-0.1, -0.05) is 0 Å². The first-order valence-corrected chi connectivity index (χ1v) is 10.6. The van der Waals surface area contributed by atoms with Gasteiger partial charge < -0.3 is 23.0 Å². The molecule has 94 valence electrons. The molecule has 0 aliphatic carbocycles. The molecule has 0 aromatic heterocycles. The van der Waals surface area contributed by atoms with E-state index < -0.39 is 6.68 Å². The molecule has 0 heterocycles. The Bertz CT molecular complexity index is 128. The molecule has 0 aliphatic rings. The van der Waals surface area contributed by atoms with E-state index in [2.05, 4.69) is 13.6 Å². The fraction of sp³-hybridized carbons (Fsp3) is 0.571. The Kier molecular flexibility index (Phi) is 37.6. The third kappa shape index (κ3) is 155. The zero-order valence-corrected chi connectivity index (χ0v) is 14.1. The number of carbonyl (C=O) groups is 2. The molecule has 0 spiro atoms. The molecule has 0 aliphatic heterocycles. The van der Waals surface area contributed by atoms with Crippen LogP contribution in [0.4, 0.5) is 13.2 Å². The summed E-state index contributed by atoms with van der Waals surface area (Å²) in [7, 11) is 6.75. The molecule has 0 bridgehead atoms. The van der Waals surface area contributed by atoms with E-state index in [4.69, 9.17) is 0 Å². The molecule has 0 N–H and O–H groups in total. The van der Waals surface area contributed by atoms with Gasteiger partial charge in [0.25, 0.3) is 0 Å². The van der Waals surface area contributed by atoms with Gasteiger partial charge in [0.15, 0.2) is 6.68 Å². The third-order valence-electron chi connectivity index (χ3n) is 0.422. The Labute approximate surface area is 110 Å². The van der Waals surface area contributed by atoms with E-state index in [1.54, 1.807) is 28.2 Å². The molecule has 0 rings (SSSR count). The molecule has 16 heavy (non-hydrogen) atoms. The monoisotopic (exact) mass is 358 g/mol. The van der Waals surface area contributed by atoms with Gasteiger partial charge in [-0.2, -0.15) is 0 Å². The van der Waals surface area contributed by atoms with Gasteiger partial charge in [0.05, 0.1) is 0 Å². The molecule has 0 atom stereocenters. The summed E-state index contributed by atoms with van der Waals surface area (Å²) in [5.41, 5.74) is 0. The second-order valence-corrected chi connectivity index (χ2v) is 2.35. The minimum absolute atomic E-state index is 0.750. The van der Waals surface area contributed by atoms with Crippen molar-refractivity contribution in [2.75, 3.05) is 28.2 Å². The summed E-state index contributed by atoms with van der Waals surface area (Å²) in [4.78, 5) is 21.8. The van der Waals surface area contributed by atoms with Crippen molar-refractivity contribution in [3.63, 3.8) is 0 Å². The van der Waals surface area contributed by atoms with E-state index in [0.29, 0.717) is 0 Å². The van der Waals surface area contributed by atoms with Crippen LogP contribution in [0.5, 0.6) is 0 Å². The number of carbonyl (C=O) groups excluding carboxylic acids is 2. The van der Waals surface area contributed by atoms with Crippen LogP contribution < -0.4 is 0 Å². The van der Waals surface area contributed by atoms with Crippen LogP contribution in [0.2, 0.25) is 0 Å². The summed E-state index contributed by atoms with van der Waals surface area (Å²) in [6.45, 7) is -3.08. The van der Waals surface area contributed by atoms with Gasteiger partial charge in [-0.25, -0.2) is 0 Å². The van der Waals surface area contributed by atoms with E-state index >= 15 is 0 Å². The van der Waals surface area contributed by atoms with Crippen molar-refractivity contribution in [3.8, 4) is 0 Å². The first-order chi connectivity index (χ1) is 7.27. The van der Waals surface area contributed by atoms with Crippen LogP contribution in [0.3, 0.4) is 0 Å². The van der Waals surface area contributed by atoms with Gasteiger partial charge in [0, 0.05) is 28.2 Å². The van der Waals surface area contributed by atoms with Crippen LogP contribution in [-0.2, 0) is 25.9 Å². The Hall–Kier alpha value is -0.167. The Morgan fingerprint density at radius 2 is 1.00 bits per heavy atom. The summed E-state index contributed by atoms with van der Waals surface area (Å²) in [6, 6.07) is 0. The number of amides is 2. The quantitative estimate of drug-likeness (QED) is 0.426. The molecular formula is C7H14BrF3N2O2Zn. The molecule has 9 heteroatoms. The van der Waals surface area contributed by atoms with Crippen molar-refractivity contribution in [3.05, 3.63) is 6.68 Å². The van der Waals surface area contributed by atoms with Crippen LogP contribution in [0.15, 0.2) is 0 Å². The fourth-order valence-corrected chi connectivity index (χ4v) is 0. The summed E-state index contributed by atoms with van der Waals surface area (Å²) in [6.07, 6.45) is 1.50. The van der Waals surface area contributed by atoms with Crippen LogP contribution in [-0.4, -0.2) is 50.8 Å². The maximum atomic E-state index is 9.58. The average molecular weight is 360 g/mol. The first-order valence-electron chi connectivity index (χ1n) is 3.61.